The number of para-hydroxylation sites is 1. The number of pyridine rings is 1. The van der Waals surface area contributed by atoms with Gasteiger partial charge >= 0.3 is 0 Å². The number of hydrogen-bond acceptors (Lipinski definition) is 7. The molecule has 3 heterocycles. The lowest BCUT2D eigenvalue weighted by molar-refractivity contribution is 0.283. The molecule has 0 atom stereocenters. The van der Waals surface area contributed by atoms with Crippen LogP contribution in [0.1, 0.15) is 25.3 Å². The van der Waals surface area contributed by atoms with Crippen molar-refractivity contribution >= 4 is 27.5 Å². The van der Waals surface area contributed by atoms with Crippen LogP contribution in [0.25, 0.3) is 32.9 Å². The number of aromatic nitrogens is 4. The molecule has 0 unspecified atom stereocenters. The molecule has 0 bridgehead atoms. The van der Waals surface area contributed by atoms with E-state index >= 15 is 0 Å². The molecule has 148 valence electrons. The van der Waals surface area contributed by atoms with E-state index < -0.39 is 0 Å². The molecule has 0 amide bonds. The van der Waals surface area contributed by atoms with Crippen LogP contribution in [0.2, 0.25) is 0 Å². The predicted octanol–water partition coefficient (Wildman–Crippen LogP) is 3.68. The maximum atomic E-state index is 10.8. The van der Waals surface area contributed by atoms with Crippen LogP contribution in [0.4, 0.5) is 5.69 Å². The van der Waals surface area contributed by atoms with E-state index in [0.29, 0.717) is 45.5 Å². The third-order valence-corrected chi connectivity index (χ3v) is 5.71. The molecule has 3 N–H and O–H groups in total. The molecular formula is C21H21N5O3. The Kier molecular flexibility index (Phi) is 3.94. The number of ether oxygens (including phenoxy) is 2. The Labute approximate surface area is 166 Å². The average Bonchev–Trinajstić information content (AvgIpc) is 3.02. The molecule has 0 radical (unpaired) electrons. The van der Waals surface area contributed by atoms with Gasteiger partial charge in [0.05, 0.1) is 41.9 Å². The Morgan fingerprint density at radius 2 is 1.97 bits per heavy atom. The smallest absolute Gasteiger partial charge is 0.241 e. The van der Waals surface area contributed by atoms with Gasteiger partial charge in [-0.05, 0) is 19.3 Å². The molecule has 1 saturated carbocycles. The number of anilines is 1. The second-order valence-corrected chi connectivity index (χ2v) is 7.24. The first-order valence-electron chi connectivity index (χ1n) is 9.50. The van der Waals surface area contributed by atoms with Gasteiger partial charge in [0.2, 0.25) is 17.6 Å². The third-order valence-electron chi connectivity index (χ3n) is 5.71. The van der Waals surface area contributed by atoms with Gasteiger partial charge in [0.1, 0.15) is 0 Å². The van der Waals surface area contributed by atoms with Gasteiger partial charge in [0.25, 0.3) is 0 Å². The zero-order valence-corrected chi connectivity index (χ0v) is 16.2. The maximum absolute atomic E-state index is 10.8. The molecule has 0 aliphatic heterocycles. The van der Waals surface area contributed by atoms with Crippen molar-refractivity contribution in [1.82, 2.24) is 19.7 Å². The summed E-state index contributed by atoms with van der Waals surface area (Å²) in [5.74, 6) is 0.932. The molecule has 1 aromatic carbocycles. The van der Waals surface area contributed by atoms with Crippen molar-refractivity contribution in [2.45, 2.75) is 25.3 Å². The summed E-state index contributed by atoms with van der Waals surface area (Å²) in [5, 5.41) is 20.2. The van der Waals surface area contributed by atoms with Crippen molar-refractivity contribution in [3.05, 3.63) is 30.5 Å². The highest BCUT2D eigenvalue weighted by atomic mass is 16.5. The monoisotopic (exact) mass is 391 g/mol. The highest BCUT2D eigenvalue weighted by Gasteiger charge is 2.25. The number of hydrogen-bond donors (Lipinski definition) is 2. The Balaban J connectivity index is 1.80. The first-order valence-corrected chi connectivity index (χ1v) is 9.50. The molecule has 3 aromatic heterocycles. The lowest BCUT2D eigenvalue weighted by Gasteiger charge is -2.27. The van der Waals surface area contributed by atoms with E-state index in [-0.39, 0.29) is 5.88 Å². The summed E-state index contributed by atoms with van der Waals surface area (Å²) in [6.07, 6.45) is 5.17. The summed E-state index contributed by atoms with van der Waals surface area (Å²) in [6.45, 7) is 0. The van der Waals surface area contributed by atoms with E-state index in [9.17, 15) is 5.11 Å². The van der Waals surface area contributed by atoms with Crippen LogP contribution in [0.3, 0.4) is 0 Å². The molecule has 8 nitrogen and oxygen atoms in total. The molecule has 8 heteroatoms. The molecule has 29 heavy (non-hydrogen) atoms. The lowest BCUT2D eigenvalue weighted by Crippen LogP contribution is -2.15. The van der Waals surface area contributed by atoms with Crippen molar-refractivity contribution in [3.8, 4) is 28.8 Å². The Bertz CT molecular complexity index is 1250. The average molecular weight is 391 g/mol. The fourth-order valence-electron chi connectivity index (χ4n) is 3.95. The standard InChI is InChI=1S/C21H21N5O3/c1-28-16-9-14(20(29-2)25-24-16)12-7-4-8-13-18(22)17-15(23-19(12)13)10-26(21(17)27)11-5-3-6-11/h4,7-11,27H,3,5-6,22H2,1-2H3. The number of nitrogens with two attached hydrogens (primary N) is 1. The van der Waals surface area contributed by atoms with E-state index in [2.05, 4.69) is 10.2 Å². The van der Waals surface area contributed by atoms with Crippen molar-refractivity contribution in [1.29, 1.82) is 0 Å². The van der Waals surface area contributed by atoms with Gasteiger partial charge < -0.3 is 24.9 Å². The molecule has 5 rings (SSSR count). The normalized spacial score (nSPS) is 14.3. The van der Waals surface area contributed by atoms with Gasteiger partial charge in [-0.2, -0.15) is 0 Å². The number of rotatable bonds is 4. The number of methoxy groups -OCH3 is 2. The van der Waals surface area contributed by atoms with Gasteiger partial charge in [0, 0.05) is 29.3 Å². The lowest BCUT2D eigenvalue weighted by atomic mass is 9.93. The fraction of sp³-hybridized carbons (Fsp3) is 0.286. The number of nitrogens with zero attached hydrogens (tertiary/aromatic N) is 4. The quantitative estimate of drug-likeness (QED) is 0.546. The summed E-state index contributed by atoms with van der Waals surface area (Å²) in [7, 11) is 3.08. The Morgan fingerprint density at radius 1 is 1.14 bits per heavy atom. The second kappa shape index (κ2) is 6.51. The van der Waals surface area contributed by atoms with E-state index in [1.807, 2.05) is 29.0 Å². The largest absolute Gasteiger partial charge is 0.494 e. The Hall–Kier alpha value is -3.55. The van der Waals surface area contributed by atoms with Crippen LogP contribution in [-0.2, 0) is 0 Å². The van der Waals surface area contributed by atoms with Gasteiger partial charge in [-0.1, -0.05) is 18.2 Å². The number of aromatic hydroxyl groups is 1. The van der Waals surface area contributed by atoms with Crippen molar-refractivity contribution in [3.63, 3.8) is 0 Å². The number of fused-ring (bicyclic) bond motifs is 2. The first kappa shape index (κ1) is 17.5. The minimum absolute atomic E-state index is 0.187. The van der Waals surface area contributed by atoms with Crippen molar-refractivity contribution < 1.29 is 14.6 Å². The van der Waals surface area contributed by atoms with E-state index in [4.69, 9.17) is 20.2 Å². The third kappa shape index (κ3) is 2.55. The van der Waals surface area contributed by atoms with Gasteiger partial charge in [-0.25, -0.2) is 4.98 Å². The molecule has 4 aromatic rings. The molecule has 1 aliphatic carbocycles. The zero-order valence-electron chi connectivity index (χ0n) is 16.2. The topological polar surface area (TPSA) is 108 Å². The van der Waals surface area contributed by atoms with Gasteiger partial charge in [0.15, 0.2) is 0 Å². The van der Waals surface area contributed by atoms with E-state index in [1.165, 1.54) is 13.5 Å². The predicted molar refractivity (Wildman–Crippen MR) is 110 cm³/mol. The molecular weight excluding hydrogens is 370 g/mol. The number of nitrogen functional groups attached to an aromatic ring is 1. The van der Waals surface area contributed by atoms with E-state index in [0.717, 1.165) is 23.8 Å². The molecule has 0 spiro atoms. The first-order chi connectivity index (χ1) is 14.1. The summed E-state index contributed by atoms with van der Waals surface area (Å²) in [6, 6.07) is 7.80. The summed E-state index contributed by atoms with van der Waals surface area (Å²) in [5.41, 5.74) is 9.90. The van der Waals surface area contributed by atoms with Crippen LogP contribution in [-0.4, -0.2) is 39.1 Å². The summed E-state index contributed by atoms with van der Waals surface area (Å²) in [4.78, 5) is 4.86. The highest BCUT2D eigenvalue weighted by molar-refractivity contribution is 6.12. The maximum Gasteiger partial charge on any atom is 0.241 e. The van der Waals surface area contributed by atoms with Crippen LogP contribution >= 0.6 is 0 Å². The van der Waals surface area contributed by atoms with Crippen LogP contribution in [0.15, 0.2) is 30.5 Å². The van der Waals surface area contributed by atoms with Crippen molar-refractivity contribution in [2.75, 3.05) is 20.0 Å². The number of benzene rings is 1. The molecule has 1 fully saturated rings. The minimum atomic E-state index is 0.187. The minimum Gasteiger partial charge on any atom is -0.494 e. The fourth-order valence-corrected chi connectivity index (χ4v) is 3.95. The van der Waals surface area contributed by atoms with Gasteiger partial charge in [-0.15, -0.1) is 10.2 Å². The zero-order chi connectivity index (χ0) is 20.1. The summed E-state index contributed by atoms with van der Waals surface area (Å²) >= 11 is 0. The van der Waals surface area contributed by atoms with E-state index in [1.54, 1.807) is 13.2 Å². The van der Waals surface area contributed by atoms with Crippen LogP contribution < -0.4 is 15.2 Å². The summed E-state index contributed by atoms with van der Waals surface area (Å²) < 4.78 is 12.5. The highest BCUT2D eigenvalue weighted by Crippen LogP contribution is 2.44. The van der Waals surface area contributed by atoms with Gasteiger partial charge in [-0.3, -0.25) is 0 Å². The molecule has 0 saturated heterocycles. The van der Waals surface area contributed by atoms with Crippen molar-refractivity contribution in [2.24, 2.45) is 0 Å². The SMILES string of the molecule is COc1cc(-c2cccc3c(N)c4c(O)n(C5CCC5)cc4nc23)c(OC)nn1. The Morgan fingerprint density at radius 3 is 2.66 bits per heavy atom. The second-order valence-electron chi connectivity index (χ2n) is 7.24. The van der Waals surface area contributed by atoms with Crippen LogP contribution in [0, 0.1) is 0 Å². The molecule has 1 aliphatic rings. The van der Waals surface area contributed by atoms with Crippen LogP contribution in [0.5, 0.6) is 17.6 Å².